The Kier molecular flexibility index (Phi) is 3.32. The van der Waals surface area contributed by atoms with Crippen LogP contribution in [-0.4, -0.2) is 9.97 Å². The SMILES string of the molecule is Cc1c(F)ccc2c(Cl)nc(-c3ccccc3Cl)nc12. The second-order valence-electron chi connectivity index (χ2n) is 4.39. The van der Waals surface area contributed by atoms with Gasteiger partial charge in [0.25, 0.3) is 0 Å². The summed E-state index contributed by atoms with van der Waals surface area (Å²) in [5.74, 6) is 0.0687. The smallest absolute Gasteiger partial charge is 0.163 e. The van der Waals surface area contributed by atoms with Gasteiger partial charge in [-0.3, -0.25) is 0 Å². The summed E-state index contributed by atoms with van der Waals surface area (Å²) in [6, 6.07) is 10.1. The van der Waals surface area contributed by atoms with Gasteiger partial charge < -0.3 is 0 Å². The van der Waals surface area contributed by atoms with Crippen LogP contribution in [0.2, 0.25) is 10.2 Å². The topological polar surface area (TPSA) is 25.8 Å². The quantitative estimate of drug-likeness (QED) is 0.588. The van der Waals surface area contributed by atoms with Crippen LogP contribution in [-0.2, 0) is 0 Å². The average Bonchev–Trinajstić information content (AvgIpc) is 2.43. The second kappa shape index (κ2) is 5.00. The van der Waals surface area contributed by atoms with Crippen molar-refractivity contribution in [1.29, 1.82) is 0 Å². The first-order valence-corrected chi connectivity index (χ1v) is 6.71. The third kappa shape index (κ3) is 2.13. The normalized spacial score (nSPS) is 11.0. The molecule has 0 amide bonds. The molecule has 3 aromatic rings. The van der Waals surface area contributed by atoms with Crippen LogP contribution in [0.15, 0.2) is 36.4 Å². The van der Waals surface area contributed by atoms with Crippen LogP contribution in [0, 0.1) is 12.7 Å². The fourth-order valence-electron chi connectivity index (χ4n) is 2.03. The maximum absolute atomic E-state index is 13.7. The van der Waals surface area contributed by atoms with Crippen LogP contribution in [0.25, 0.3) is 22.3 Å². The van der Waals surface area contributed by atoms with Crippen molar-refractivity contribution in [1.82, 2.24) is 9.97 Å². The maximum Gasteiger partial charge on any atom is 0.163 e. The predicted octanol–water partition coefficient (Wildman–Crippen LogP) is 5.05. The Morgan fingerprint density at radius 3 is 2.50 bits per heavy atom. The minimum Gasteiger partial charge on any atom is -0.227 e. The molecule has 0 bridgehead atoms. The van der Waals surface area contributed by atoms with E-state index in [1.165, 1.54) is 6.07 Å². The zero-order valence-electron chi connectivity index (χ0n) is 10.5. The summed E-state index contributed by atoms with van der Waals surface area (Å²) in [4.78, 5) is 8.66. The van der Waals surface area contributed by atoms with Crippen LogP contribution in [0.3, 0.4) is 0 Å². The monoisotopic (exact) mass is 306 g/mol. The molecule has 2 nitrogen and oxygen atoms in total. The average molecular weight is 307 g/mol. The highest BCUT2D eigenvalue weighted by molar-refractivity contribution is 6.35. The third-order valence-corrected chi connectivity index (χ3v) is 3.74. The Balaban J connectivity index is 2.34. The molecule has 0 unspecified atom stereocenters. The van der Waals surface area contributed by atoms with Crippen LogP contribution in [0.5, 0.6) is 0 Å². The van der Waals surface area contributed by atoms with Gasteiger partial charge in [0.1, 0.15) is 11.0 Å². The summed E-state index contributed by atoms with van der Waals surface area (Å²) < 4.78 is 13.7. The van der Waals surface area contributed by atoms with E-state index in [0.717, 1.165) is 0 Å². The molecule has 0 atom stereocenters. The summed E-state index contributed by atoms with van der Waals surface area (Å²) in [5.41, 5.74) is 1.61. The first kappa shape index (κ1) is 13.3. The summed E-state index contributed by atoms with van der Waals surface area (Å²) >= 11 is 12.3. The highest BCUT2D eigenvalue weighted by Crippen LogP contribution is 2.30. The second-order valence-corrected chi connectivity index (χ2v) is 5.15. The molecule has 0 N–H and O–H groups in total. The third-order valence-electron chi connectivity index (χ3n) is 3.12. The minimum absolute atomic E-state index is 0.285. The van der Waals surface area contributed by atoms with Crippen molar-refractivity contribution in [3.63, 3.8) is 0 Å². The Morgan fingerprint density at radius 2 is 1.75 bits per heavy atom. The largest absolute Gasteiger partial charge is 0.227 e. The van der Waals surface area contributed by atoms with E-state index in [9.17, 15) is 4.39 Å². The zero-order valence-corrected chi connectivity index (χ0v) is 12.0. The first-order chi connectivity index (χ1) is 9.58. The molecule has 20 heavy (non-hydrogen) atoms. The summed E-state index contributed by atoms with van der Waals surface area (Å²) in [6.45, 7) is 1.66. The van der Waals surface area contributed by atoms with Crippen LogP contribution in [0.1, 0.15) is 5.56 Å². The zero-order chi connectivity index (χ0) is 14.3. The molecule has 2 aromatic carbocycles. The fourth-order valence-corrected chi connectivity index (χ4v) is 2.49. The van der Waals surface area contributed by atoms with E-state index in [-0.39, 0.29) is 11.0 Å². The standard InChI is InChI=1S/C15H9Cl2FN2/c1-8-12(18)7-6-10-13(8)19-15(20-14(10)17)9-4-2-3-5-11(9)16/h2-7H,1H3. The molecular weight excluding hydrogens is 298 g/mol. The molecule has 0 aliphatic rings. The van der Waals surface area contributed by atoms with Gasteiger partial charge in [0.15, 0.2) is 5.82 Å². The van der Waals surface area contributed by atoms with E-state index < -0.39 is 0 Å². The lowest BCUT2D eigenvalue weighted by atomic mass is 10.1. The molecule has 5 heteroatoms. The van der Waals surface area contributed by atoms with Gasteiger partial charge in [0, 0.05) is 16.5 Å². The Bertz CT molecular complexity index is 818. The number of hydrogen-bond acceptors (Lipinski definition) is 2. The van der Waals surface area contributed by atoms with Gasteiger partial charge >= 0.3 is 0 Å². The predicted molar refractivity (Wildman–Crippen MR) is 79.7 cm³/mol. The van der Waals surface area contributed by atoms with Crippen molar-refractivity contribution >= 4 is 34.1 Å². The van der Waals surface area contributed by atoms with E-state index in [0.29, 0.717) is 32.9 Å². The maximum atomic E-state index is 13.7. The number of rotatable bonds is 1. The van der Waals surface area contributed by atoms with Gasteiger partial charge in [0.2, 0.25) is 0 Å². The van der Waals surface area contributed by atoms with Gasteiger partial charge in [-0.1, -0.05) is 35.3 Å². The Morgan fingerprint density at radius 1 is 1.00 bits per heavy atom. The van der Waals surface area contributed by atoms with Crippen molar-refractivity contribution in [2.75, 3.05) is 0 Å². The van der Waals surface area contributed by atoms with E-state index in [1.54, 1.807) is 25.1 Å². The van der Waals surface area contributed by atoms with Crippen molar-refractivity contribution in [3.05, 3.63) is 58.0 Å². The molecule has 1 heterocycles. The van der Waals surface area contributed by atoms with Crippen LogP contribution >= 0.6 is 23.2 Å². The van der Waals surface area contributed by atoms with E-state index in [4.69, 9.17) is 23.2 Å². The molecular formula is C15H9Cl2FN2. The Hall–Kier alpha value is -1.71. The number of nitrogens with zero attached hydrogens (tertiary/aromatic N) is 2. The minimum atomic E-state index is -0.322. The molecule has 0 saturated heterocycles. The van der Waals surface area contributed by atoms with Crippen molar-refractivity contribution in [2.45, 2.75) is 6.92 Å². The number of benzene rings is 2. The number of hydrogen-bond donors (Lipinski definition) is 0. The summed E-state index contributed by atoms with van der Waals surface area (Å²) in [6.07, 6.45) is 0. The summed E-state index contributed by atoms with van der Waals surface area (Å²) in [5, 5.41) is 1.44. The number of aromatic nitrogens is 2. The molecule has 0 spiro atoms. The van der Waals surface area contributed by atoms with Gasteiger partial charge in [-0.15, -0.1) is 0 Å². The first-order valence-electron chi connectivity index (χ1n) is 5.95. The molecule has 1 aromatic heterocycles. The van der Waals surface area contributed by atoms with Gasteiger partial charge in [0.05, 0.1) is 10.5 Å². The molecule has 0 saturated carbocycles. The summed E-state index contributed by atoms with van der Waals surface area (Å²) in [7, 11) is 0. The molecule has 0 radical (unpaired) electrons. The lowest BCUT2D eigenvalue weighted by molar-refractivity contribution is 0.620. The van der Waals surface area contributed by atoms with Crippen molar-refractivity contribution < 1.29 is 4.39 Å². The molecule has 0 fully saturated rings. The lowest BCUT2D eigenvalue weighted by Crippen LogP contribution is -1.96. The lowest BCUT2D eigenvalue weighted by Gasteiger charge is -2.08. The van der Waals surface area contributed by atoms with Crippen molar-refractivity contribution in [2.24, 2.45) is 0 Å². The van der Waals surface area contributed by atoms with Gasteiger partial charge in [-0.05, 0) is 31.2 Å². The Labute approximate surface area is 125 Å². The van der Waals surface area contributed by atoms with Crippen LogP contribution < -0.4 is 0 Å². The number of aryl methyl sites for hydroxylation is 1. The molecule has 3 rings (SSSR count). The number of halogens is 3. The molecule has 0 aliphatic carbocycles. The highest BCUT2D eigenvalue weighted by Gasteiger charge is 2.13. The van der Waals surface area contributed by atoms with E-state index in [2.05, 4.69) is 9.97 Å². The van der Waals surface area contributed by atoms with Crippen molar-refractivity contribution in [3.8, 4) is 11.4 Å². The van der Waals surface area contributed by atoms with Crippen LogP contribution in [0.4, 0.5) is 4.39 Å². The van der Waals surface area contributed by atoms with E-state index in [1.807, 2.05) is 12.1 Å². The number of fused-ring (bicyclic) bond motifs is 1. The highest BCUT2D eigenvalue weighted by atomic mass is 35.5. The molecule has 100 valence electrons. The fraction of sp³-hybridized carbons (Fsp3) is 0.0667. The van der Waals surface area contributed by atoms with E-state index >= 15 is 0 Å². The van der Waals surface area contributed by atoms with Gasteiger partial charge in [-0.2, -0.15) is 0 Å². The van der Waals surface area contributed by atoms with Gasteiger partial charge in [-0.25, -0.2) is 14.4 Å². The molecule has 0 aliphatic heterocycles.